The van der Waals surface area contributed by atoms with Crippen LogP contribution in [0.15, 0.2) is 30.6 Å². The summed E-state index contributed by atoms with van der Waals surface area (Å²) in [5, 5.41) is 0. The summed E-state index contributed by atoms with van der Waals surface area (Å²) >= 11 is 0. The van der Waals surface area contributed by atoms with Crippen LogP contribution in [0.5, 0.6) is 0 Å². The molecule has 2 N–H and O–H groups in total. The Morgan fingerprint density at radius 3 is 2.21 bits per heavy atom. The van der Waals surface area contributed by atoms with E-state index >= 15 is 0 Å². The number of aromatic nitrogens is 2. The van der Waals surface area contributed by atoms with E-state index in [1.807, 2.05) is 6.92 Å². The molecule has 0 fully saturated rings. The van der Waals surface area contributed by atoms with Gasteiger partial charge in [-0.15, -0.1) is 0 Å². The Balaban J connectivity index is 2.22. The Morgan fingerprint density at radius 2 is 1.68 bits per heavy atom. The molecule has 0 aliphatic heterocycles. The second-order valence-corrected chi connectivity index (χ2v) is 4.45. The van der Waals surface area contributed by atoms with Crippen molar-refractivity contribution in [2.24, 2.45) is 5.73 Å². The first-order valence-electron chi connectivity index (χ1n) is 6.11. The molecule has 1 heterocycles. The van der Waals surface area contributed by atoms with Gasteiger partial charge in [-0.25, -0.2) is 18.7 Å². The van der Waals surface area contributed by atoms with E-state index in [9.17, 15) is 8.78 Å². The molecule has 0 spiro atoms. The van der Waals surface area contributed by atoms with Crippen molar-refractivity contribution in [3.05, 3.63) is 47.8 Å². The molecule has 100 valence electrons. The van der Waals surface area contributed by atoms with Crippen molar-refractivity contribution in [3.8, 4) is 11.4 Å². The number of nitrogens with zero attached hydrogens (tertiary/aromatic N) is 2. The second-order valence-electron chi connectivity index (χ2n) is 4.45. The molecule has 1 aromatic heterocycles. The standard InChI is InChI=1S/C14H15F2N3/c1-2-13(17)3-9-7-18-14(19-8-9)10-4-11(15)6-12(16)5-10/h4-8,13H,2-3,17H2,1H3. The lowest BCUT2D eigenvalue weighted by molar-refractivity contribution is 0.584. The van der Waals surface area contributed by atoms with Crippen LogP contribution in [0.4, 0.5) is 8.78 Å². The predicted molar refractivity (Wildman–Crippen MR) is 69.4 cm³/mol. The van der Waals surface area contributed by atoms with Gasteiger partial charge < -0.3 is 5.73 Å². The molecule has 2 aromatic rings. The fraction of sp³-hybridized carbons (Fsp3) is 0.286. The number of halogens is 2. The lowest BCUT2D eigenvalue weighted by Crippen LogP contribution is -2.21. The summed E-state index contributed by atoms with van der Waals surface area (Å²) in [5.74, 6) is -0.987. The van der Waals surface area contributed by atoms with Crippen LogP contribution in [0.1, 0.15) is 18.9 Å². The molecule has 0 amide bonds. The van der Waals surface area contributed by atoms with Crippen molar-refractivity contribution in [2.75, 3.05) is 0 Å². The van der Waals surface area contributed by atoms with Gasteiger partial charge in [0.1, 0.15) is 11.6 Å². The summed E-state index contributed by atoms with van der Waals surface area (Å²) in [4.78, 5) is 8.24. The van der Waals surface area contributed by atoms with Crippen LogP contribution in [0, 0.1) is 11.6 Å². The first-order valence-corrected chi connectivity index (χ1v) is 6.11. The zero-order valence-electron chi connectivity index (χ0n) is 10.6. The molecule has 0 saturated carbocycles. The van der Waals surface area contributed by atoms with Gasteiger partial charge in [-0.3, -0.25) is 0 Å². The predicted octanol–water partition coefficient (Wildman–Crippen LogP) is 2.70. The first-order chi connectivity index (χ1) is 9.08. The Bertz CT molecular complexity index is 535. The van der Waals surface area contributed by atoms with Gasteiger partial charge in [-0.1, -0.05) is 6.92 Å². The number of hydrogen-bond acceptors (Lipinski definition) is 3. The normalized spacial score (nSPS) is 12.4. The first kappa shape index (κ1) is 13.5. The van der Waals surface area contributed by atoms with Crippen LogP contribution in [0.3, 0.4) is 0 Å². The van der Waals surface area contributed by atoms with Gasteiger partial charge in [-0.05, 0) is 30.5 Å². The zero-order valence-corrected chi connectivity index (χ0v) is 10.6. The number of benzene rings is 1. The number of nitrogens with two attached hydrogens (primary N) is 1. The monoisotopic (exact) mass is 263 g/mol. The molecule has 1 atom stereocenters. The largest absolute Gasteiger partial charge is 0.327 e. The highest BCUT2D eigenvalue weighted by molar-refractivity contribution is 5.54. The molecule has 19 heavy (non-hydrogen) atoms. The zero-order chi connectivity index (χ0) is 13.8. The minimum Gasteiger partial charge on any atom is -0.327 e. The fourth-order valence-electron chi connectivity index (χ4n) is 1.74. The van der Waals surface area contributed by atoms with E-state index in [0.29, 0.717) is 17.8 Å². The topological polar surface area (TPSA) is 51.8 Å². The third kappa shape index (κ3) is 3.54. The summed E-state index contributed by atoms with van der Waals surface area (Å²) in [6.07, 6.45) is 4.84. The Kier molecular flexibility index (Phi) is 4.16. The van der Waals surface area contributed by atoms with E-state index in [1.54, 1.807) is 12.4 Å². The molecule has 0 radical (unpaired) electrons. The van der Waals surface area contributed by atoms with E-state index in [1.165, 1.54) is 12.1 Å². The van der Waals surface area contributed by atoms with Crippen molar-refractivity contribution >= 4 is 0 Å². The molecular weight excluding hydrogens is 248 g/mol. The van der Waals surface area contributed by atoms with Crippen molar-refractivity contribution in [3.63, 3.8) is 0 Å². The van der Waals surface area contributed by atoms with Gasteiger partial charge >= 0.3 is 0 Å². The summed E-state index contributed by atoms with van der Waals surface area (Å²) in [6, 6.07) is 3.30. The van der Waals surface area contributed by atoms with Gasteiger partial charge in [0.15, 0.2) is 5.82 Å². The van der Waals surface area contributed by atoms with Crippen molar-refractivity contribution < 1.29 is 8.78 Å². The Hall–Kier alpha value is -1.88. The molecule has 0 aliphatic carbocycles. The maximum absolute atomic E-state index is 13.1. The molecule has 1 aromatic carbocycles. The highest BCUT2D eigenvalue weighted by Crippen LogP contribution is 2.17. The van der Waals surface area contributed by atoms with Gasteiger partial charge in [0.2, 0.25) is 0 Å². The maximum Gasteiger partial charge on any atom is 0.159 e. The Morgan fingerprint density at radius 1 is 1.11 bits per heavy atom. The molecular formula is C14H15F2N3. The smallest absolute Gasteiger partial charge is 0.159 e. The van der Waals surface area contributed by atoms with Crippen LogP contribution in [0.2, 0.25) is 0 Å². The average molecular weight is 263 g/mol. The lowest BCUT2D eigenvalue weighted by Gasteiger charge is -2.08. The van der Waals surface area contributed by atoms with E-state index in [4.69, 9.17) is 5.73 Å². The lowest BCUT2D eigenvalue weighted by atomic mass is 10.1. The number of rotatable bonds is 4. The molecule has 0 saturated heterocycles. The average Bonchev–Trinajstić information content (AvgIpc) is 2.38. The third-order valence-electron chi connectivity index (χ3n) is 2.85. The molecule has 5 heteroatoms. The number of hydrogen-bond donors (Lipinski definition) is 1. The summed E-state index contributed by atoms with van der Waals surface area (Å²) in [6.45, 7) is 2.01. The van der Waals surface area contributed by atoms with Crippen molar-refractivity contribution in [1.82, 2.24) is 9.97 Å². The molecule has 0 aliphatic rings. The SMILES string of the molecule is CCC(N)Cc1cnc(-c2cc(F)cc(F)c2)nc1. The minimum absolute atomic E-state index is 0.0704. The van der Waals surface area contributed by atoms with Crippen LogP contribution in [-0.4, -0.2) is 16.0 Å². The van der Waals surface area contributed by atoms with E-state index in [2.05, 4.69) is 9.97 Å². The van der Waals surface area contributed by atoms with E-state index in [0.717, 1.165) is 18.1 Å². The van der Waals surface area contributed by atoms with Crippen LogP contribution in [-0.2, 0) is 6.42 Å². The summed E-state index contributed by atoms with van der Waals surface area (Å²) in [5.41, 5.74) is 7.07. The highest BCUT2D eigenvalue weighted by atomic mass is 19.1. The highest BCUT2D eigenvalue weighted by Gasteiger charge is 2.07. The van der Waals surface area contributed by atoms with Crippen LogP contribution in [0.25, 0.3) is 11.4 Å². The minimum atomic E-state index is -0.643. The molecule has 1 unspecified atom stereocenters. The third-order valence-corrected chi connectivity index (χ3v) is 2.85. The summed E-state index contributed by atoms with van der Waals surface area (Å²) < 4.78 is 26.2. The van der Waals surface area contributed by atoms with Crippen LogP contribution < -0.4 is 5.73 Å². The van der Waals surface area contributed by atoms with Gasteiger partial charge in [0.05, 0.1) is 0 Å². The Labute approximate surface area is 110 Å². The van der Waals surface area contributed by atoms with Crippen molar-refractivity contribution in [1.29, 1.82) is 0 Å². The van der Waals surface area contributed by atoms with Crippen molar-refractivity contribution in [2.45, 2.75) is 25.8 Å². The second kappa shape index (κ2) is 5.84. The van der Waals surface area contributed by atoms with E-state index < -0.39 is 11.6 Å². The molecule has 0 bridgehead atoms. The fourth-order valence-corrected chi connectivity index (χ4v) is 1.74. The van der Waals surface area contributed by atoms with Gasteiger partial charge in [0, 0.05) is 30.1 Å². The summed E-state index contributed by atoms with van der Waals surface area (Å²) in [7, 11) is 0. The van der Waals surface area contributed by atoms with Gasteiger partial charge in [-0.2, -0.15) is 0 Å². The molecule has 2 rings (SSSR count). The van der Waals surface area contributed by atoms with Gasteiger partial charge in [0.25, 0.3) is 0 Å². The quantitative estimate of drug-likeness (QED) is 0.922. The molecule has 3 nitrogen and oxygen atoms in total. The van der Waals surface area contributed by atoms with E-state index in [-0.39, 0.29) is 6.04 Å². The maximum atomic E-state index is 13.1. The van der Waals surface area contributed by atoms with Crippen LogP contribution >= 0.6 is 0 Å².